The Kier molecular flexibility index (Phi) is 4.13. The summed E-state index contributed by atoms with van der Waals surface area (Å²) in [6.45, 7) is 4.23. The van der Waals surface area contributed by atoms with Crippen molar-refractivity contribution in [3.05, 3.63) is 29.3 Å². The van der Waals surface area contributed by atoms with Crippen LogP contribution in [0, 0.1) is 12.8 Å². The molecule has 1 saturated carbocycles. The van der Waals surface area contributed by atoms with E-state index in [1.807, 2.05) is 31.0 Å². The fourth-order valence-electron chi connectivity index (χ4n) is 2.90. The maximum Gasteiger partial charge on any atom is 0.253 e. The molecular weight excluding hydrogens is 236 g/mol. The van der Waals surface area contributed by atoms with E-state index >= 15 is 0 Å². The van der Waals surface area contributed by atoms with Gasteiger partial charge in [-0.3, -0.25) is 4.79 Å². The van der Waals surface area contributed by atoms with Gasteiger partial charge in [-0.05, 0) is 43.4 Å². The zero-order chi connectivity index (χ0) is 14.0. The van der Waals surface area contributed by atoms with E-state index in [2.05, 4.69) is 6.92 Å². The molecule has 1 fully saturated rings. The second-order valence-electron chi connectivity index (χ2n) is 5.91. The summed E-state index contributed by atoms with van der Waals surface area (Å²) in [4.78, 5) is 14.4. The molecule has 2 unspecified atom stereocenters. The predicted molar refractivity (Wildman–Crippen MR) is 79.1 cm³/mol. The highest BCUT2D eigenvalue weighted by Gasteiger charge is 2.26. The zero-order valence-electron chi connectivity index (χ0n) is 12.1. The molecule has 1 aromatic rings. The van der Waals surface area contributed by atoms with Gasteiger partial charge in [0.25, 0.3) is 5.91 Å². The van der Waals surface area contributed by atoms with Crippen molar-refractivity contribution in [1.82, 2.24) is 4.90 Å². The first kappa shape index (κ1) is 13.9. The lowest BCUT2D eigenvalue weighted by molar-refractivity contribution is 0.0672. The highest BCUT2D eigenvalue weighted by molar-refractivity contribution is 5.95. The molecule has 0 bridgehead atoms. The average molecular weight is 260 g/mol. The summed E-state index contributed by atoms with van der Waals surface area (Å²) in [5.74, 6) is 0.808. The summed E-state index contributed by atoms with van der Waals surface area (Å²) in [7, 11) is 1.92. The minimum absolute atomic E-state index is 0.0887. The Morgan fingerprint density at radius 2 is 2.11 bits per heavy atom. The van der Waals surface area contributed by atoms with Gasteiger partial charge in [0.05, 0.1) is 0 Å². The van der Waals surface area contributed by atoms with Crippen LogP contribution in [0.5, 0.6) is 0 Å². The maximum atomic E-state index is 12.5. The van der Waals surface area contributed by atoms with Crippen LogP contribution < -0.4 is 5.73 Å². The molecule has 0 aromatic heterocycles. The lowest BCUT2D eigenvalue weighted by atomic mass is 9.86. The Morgan fingerprint density at radius 3 is 2.74 bits per heavy atom. The molecule has 3 nitrogen and oxygen atoms in total. The van der Waals surface area contributed by atoms with Crippen LogP contribution in [0.3, 0.4) is 0 Å². The number of anilines is 1. The third kappa shape index (κ3) is 3.09. The molecule has 0 radical (unpaired) electrons. The Bertz CT molecular complexity index is 470. The van der Waals surface area contributed by atoms with E-state index in [-0.39, 0.29) is 5.91 Å². The van der Waals surface area contributed by atoms with Crippen molar-refractivity contribution in [2.75, 3.05) is 12.8 Å². The monoisotopic (exact) mass is 260 g/mol. The highest BCUT2D eigenvalue weighted by Crippen LogP contribution is 2.27. The van der Waals surface area contributed by atoms with E-state index in [0.29, 0.717) is 17.3 Å². The molecule has 1 aliphatic rings. The molecule has 104 valence electrons. The van der Waals surface area contributed by atoms with Crippen LogP contribution in [0.25, 0.3) is 0 Å². The fraction of sp³-hybridized carbons (Fsp3) is 0.562. The molecule has 0 spiro atoms. The lowest BCUT2D eigenvalue weighted by Gasteiger charge is -2.34. The number of hydrogen-bond acceptors (Lipinski definition) is 2. The quantitative estimate of drug-likeness (QED) is 0.830. The molecule has 0 aliphatic heterocycles. The topological polar surface area (TPSA) is 46.3 Å². The SMILES string of the molecule is Cc1ccc(C(=O)N(C)C2CCCC(C)C2)cc1N. The van der Waals surface area contributed by atoms with Gasteiger partial charge < -0.3 is 10.6 Å². The number of amides is 1. The smallest absolute Gasteiger partial charge is 0.253 e. The maximum absolute atomic E-state index is 12.5. The molecule has 1 aromatic carbocycles. The summed E-state index contributed by atoms with van der Waals surface area (Å²) in [6.07, 6.45) is 4.74. The van der Waals surface area contributed by atoms with Crippen molar-refractivity contribution in [2.24, 2.45) is 5.92 Å². The van der Waals surface area contributed by atoms with E-state index in [9.17, 15) is 4.79 Å². The second-order valence-corrected chi connectivity index (χ2v) is 5.91. The summed E-state index contributed by atoms with van der Waals surface area (Å²) in [5.41, 5.74) is 8.30. The van der Waals surface area contributed by atoms with Crippen LogP contribution in [0.1, 0.15) is 48.5 Å². The van der Waals surface area contributed by atoms with Crippen molar-refractivity contribution in [2.45, 2.75) is 45.6 Å². The first-order valence-corrected chi connectivity index (χ1v) is 7.12. The highest BCUT2D eigenvalue weighted by atomic mass is 16.2. The van der Waals surface area contributed by atoms with Crippen LogP contribution in [-0.2, 0) is 0 Å². The van der Waals surface area contributed by atoms with E-state index in [0.717, 1.165) is 24.3 Å². The number of carbonyl (C=O) groups is 1. The van der Waals surface area contributed by atoms with Crippen LogP contribution in [0.2, 0.25) is 0 Å². The molecule has 19 heavy (non-hydrogen) atoms. The Hall–Kier alpha value is -1.51. The minimum atomic E-state index is 0.0887. The van der Waals surface area contributed by atoms with Crippen molar-refractivity contribution >= 4 is 11.6 Å². The van der Waals surface area contributed by atoms with Gasteiger partial charge in [-0.2, -0.15) is 0 Å². The summed E-state index contributed by atoms with van der Waals surface area (Å²) in [6, 6.07) is 5.95. The number of hydrogen-bond donors (Lipinski definition) is 1. The second kappa shape index (κ2) is 5.64. The lowest BCUT2D eigenvalue weighted by Crippen LogP contribution is -2.39. The number of nitrogens with zero attached hydrogens (tertiary/aromatic N) is 1. The van der Waals surface area contributed by atoms with Crippen LogP contribution >= 0.6 is 0 Å². The number of carbonyl (C=O) groups excluding carboxylic acids is 1. The van der Waals surface area contributed by atoms with Gasteiger partial charge in [-0.15, -0.1) is 0 Å². The van der Waals surface area contributed by atoms with Gasteiger partial charge in [0.1, 0.15) is 0 Å². The van der Waals surface area contributed by atoms with E-state index in [1.165, 1.54) is 12.8 Å². The van der Waals surface area contributed by atoms with Gasteiger partial charge >= 0.3 is 0 Å². The zero-order valence-corrected chi connectivity index (χ0v) is 12.1. The number of benzene rings is 1. The average Bonchev–Trinajstić information content (AvgIpc) is 2.40. The van der Waals surface area contributed by atoms with E-state index in [1.54, 1.807) is 6.07 Å². The third-order valence-corrected chi connectivity index (χ3v) is 4.30. The van der Waals surface area contributed by atoms with Crippen LogP contribution in [0.4, 0.5) is 5.69 Å². The van der Waals surface area contributed by atoms with Gasteiger partial charge in [0.15, 0.2) is 0 Å². The molecule has 0 saturated heterocycles. The Balaban J connectivity index is 2.11. The molecule has 3 heteroatoms. The van der Waals surface area contributed by atoms with Crippen molar-refractivity contribution in [3.8, 4) is 0 Å². The number of nitrogen functional groups attached to an aromatic ring is 1. The molecule has 2 atom stereocenters. The third-order valence-electron chi connectivity index (χ3n) is 4.30. The number of aryl methyl sites for hydroxylation is 1. The Morgan fingerprint density at radius 1 is 1.37 bits per heavy atom. The molecule has 1 amide bonds. The standard InChI is InChI=1S/C16H24N2O/c1-11-5-4-6-14(9-11)18(3)16(19)13-8-7-12(2)15(17)10-13/h7-8,10-11,14H,4-6,9,17H2,1-3H3. The van der Waals surface area contributed by atoms with Crippen molar-refractivity contribution in [3.63, 3.8) is 0 Å². The van der Waals surface area contributed by atoms with Gasteiger partial charge in [-0.25, -0.2) is 0 Å². The molecule has 2 N–H and O–H groups in total. The van der Waals surface area contributed by atoms with E-state index < -0.39 is 0 Å². The number of rotatable bonds is 2. The van der Waals surface area contributed by atoms with Gasteiger partial charge in [-0.1, -0.05) is 25.8 Å². The molecule has 0 heterocycles. The first-order valence-electron chi connectivity index (χ1n) is 7.12. The van der Waals surface area contributed by atoms with Crippen LogP contribution in [0.15, 0.2) is 18.2 Å². The van der Waals surface area contributed by atoms with E-state index in [4.69, 9.17) is 5.73 Å². The Labute approximate surface area is 115 Å². The molecule has 2 rings (SSSR count). The van der Waals surface area contributed by atoms with Gasteiger partial charge in [0.2, 0.25) is 0 Å². The predicted octanol–water partition coefficient (Wildman–Crippen LogP) is 3.23. The van der Waals surface area contributed by atoms with Gasteiger partial charge in [0, 0.05) is 24.3 Å². The minimum Gasteiger partial charge on any atom is -0.398 e. The first-order chi connectivity index (χ1) is 8.99. The fourth-order valence-corrected chi connectivity index (χ4v) is 2.90. The van der Waals surface area contributed by atoms with Crippen LogP contribution in [-0.4, -0.2) is 23.9 Å². The van der Waals surface area contributed by atoms with Crippen molar-refractivity contribution < 1.29 is 4.79 Å². The van der Waals surface area contributed by atoms with Crippen molar-refractivity contribution in [1.29, 1.82) is 0 Å². The molecule has 1 aliphatic carbocycles. The largest absolute Gasteiger partial charge is 0.398 e. The summed E-state index contributed by atoms with van der Waals surface area (Å²) in [5, 5.41) is 0. The number of nitrogens with two attached hydrogens (primary N) is 1. The molecular formula is C16H24N2O. The summed E-state index contributed by atoms with van der Waals surface area (Å²) >= 11 is 0. The summed E-state index contributed by atoms with van der Waals surface area (Å²) < 4.78 is 0. The normalized spacial score (nSPS) is 23.1.